The maximum atomic E-state index is 12.7. The normalized spacial score (nSPS) is 16.0. The summed E-state index contributed by atoms with van der Waals surface area (Å²) in [6.07, 6.45) is -4.53. The molecule has 1 saturated heterocycles. The van der Waals surface area contributed by atoms with E-state index in [0.29, 0.717) is 18.9 Å². The van der Waals surface area contributed by atoms with E-state index in [1.54, 1.807) is 12.1 Å². The van der Waals surface area contributed by atoms with Crippen molar-refractivity contribution in [1.29, 1.82) is 5.26 Å². The van der Waals surface area contributed by atoms with Crippen LogP contribution in [0.25, 0.3) is 0 Å². The number of anilines is 1. The zero-order chi connectivity index (χ0) is 20.5. The van der Waals surface area contributed by atoms with E-state index in [1.165, 1.54) is 4.31 Å². The molecule has 0 spiro atoms. The molecule has 2 aromatic rings. The number of pyridine rings is 1. The number of halogens is 4. The number of nitriles is 1. The van der Waals surface area contributed by atoms with Crippen molar-refractivity contribution >= 4 is 27.4 Å². The number of nitrogens with zero attached hydrogens (tertiary/aromatic N) is 4. The Morgan fingerprint density at radius 1 is 1.04 bits per heavy atom. The third-order valence-corrected chi connectivity index (χ3v) is 6.54. The zero-order valence-electron chi connectivity index (χ0n) is 14.3. The number of rotatable bonds is 3. The highest BCUT2D eigenvalue weighted by Gasteiger charge is 2.32. The largest absolute Gasteiger partial charge is 0.416 e. The molecule has 0 amide bonds. The van der Waals surface area contributed by atoms with Crippen molar-refractivity contribution in [3.05, 3.63) is 52.7 Å². The Morgan fingerprint density at radius 2 is 1.64 bits per heavy atom. The van der Waals surface area contributed by atoms with Crippen molar-refractivity contribution in [2.75, 3.05) is 31.1 Å². The number of sulfonamides is 1. The van der Waals surface area contributed by atoms with Gasteiger partial charge in [0, 0.05) is 26.2 Å². The maximum absolute atomic E-state index is 12.7. The van der Waals surface area contributed by atoms with Gasteiger partial charge in [0.2, 0.25) is 10.0 Å². The minimum atomic E-state index is -4.53. The van der Waals surface area contributed by atoms with E-state index in [9.17, 15) is 21.6 Å². The fourth-order valence-corrected chi connectivity index (χ4v) is 4.38. The predicted octanol–water partition coefficient (Wildman–Crippen LogP) is 3.14. The molecule has 1 aliphatic heterocycles. The monoisotopic (exact) mass is 430 g/mol. The highest BCUT2D eigenvalue weighted by molar-refractivity contribution is 7.89. The van der Waals surface area contributed by atoms with E-state index in [0.717, 1.165) is 24.3 Å². The molecule has 0 saturated carbocycles. The lowest BCUT2D eigenvalue weighted by molar-refractivity contribution is -0.137. The molecule has 1 aliphatic rings. The predicted molar refractivity (Wildman–Crippen MR) is 96.4 cm³/mol. The van der Waals surface area contributed by atoms with Gasteiger partial charge in [-0.25, -0.2) is 13.4 Å². The van der Waals surface area contributed by atoms with Gasteiger partial charge in [-0.2, -0.15) is 22.7 Å². The number of aromatic nitrogens is 1. The Morgan fingerprint density at radius 3 is 2.18 bits per heavy atom. The summed E-state index contributed by atoms with van der Waals surface area (Å²) in [5.41, 5.74) is -0.822. The first-order valence-electron chi connectivity index (χ1n) is 8.12. The van der Waals surface area contributed by atoms with Gasteiger partial charge in [-0.05, 0) is 36.4 Å². The molecule has 2 heterocycles. The molecule has 0 atom stereocenters. The summed E-state index contributed by atoms with van der Waals surface area (Å²) in [5, 5.41) is 9.24. The summed E-state index contributed by atoms with van der Waals surface area (Å²) in [6, 6.07) is 8.51. The van der Waals surface area contributed by atoms with Gasteiger partial charge in [-0.3, -0.25) is 0 Å². The van der Waals surface area contributed by atoms with E-state index >= 15 is 0 Å². The Hall–Kier alpha value is -2.35. The highest BCUT2D eigenvalue weighted by Crippen LogP contribution is 2.30. The van der Waals surface area contributed by atoms with Crippen molar-refractivity contribution in [1.82, 2.24) is 9.29 Å². The van der Waals surface area contributed by atoms with E-state index < -0.39 is 21.8 Å². The molecule has 0 N–H and O–H groups in total. The molecular formula is C17H14ClF3N4O2S. The van der Waals surface area contributed by atoms with E-state index in [1.807, 2.05) is 11.0 Å². The van der Waals surface area contributed by atoms with Gasteiger partial charge in [0.1, 0.15) is 11.9 Å². The van der Waals surface area contributed by atoms with Crippen LogP contribution in [-0.4, -0.2) is 43.9 Å². The van der Waals surface area contributed by atoms with E-state index in [-0.39, 0.29) is 28.7 Å². The van der Waals surface area contributed by atoms with Crippen LogP contribution in [0.4, 0.5) is 19.0 Å². The average Bonchev–Trinajstić information content (AvgIpc) is 2.68. The molecule has 0 radical (unpaired) electrons. The molecule has 1 aromatic carbocycles. The van der Waals surface area contributed by atoms with Crippen LogP contribution in [0.1, 0.15) is 11.3 Å². The smallest absolute Gasteiger partial charge is 0.354 e. The summed E-state index contributed by atoms with van der Waals surface area (Å²) < 4.78 is 64.6. The van der Waals surface area contributed by atoms with Crippen LogP contribution in [-0.2, 0) is 16.2 Å². The molecule has 0 aliphatic carbocycles. The molecular weight excluding hydrogens is 417 g/mol. The van der Waals surface area contributed by atoms with Gasteiger partial charge < -0.3 is 4.90 Å². The van der Waals surface area contributed by atoms with Crippen molar-refractivity contribution < 1.29 is 21.6 Å². The Balaban J connectivity index is 1.72. The van der Waals surface area contributed by atoms with Gasteiger partial charge in [0.25, 0.3) is 0 Å². The summed E-state index contributed by atoms with van der Waals surface area (Å²) >= 11 is 5.86. The zero-order valence-corrected chi connectivity index (χ0v) is 15.9. The van der Waals surface area contributed by atoms with E-state index in [4.69, 9.17) is 16.9 Å². The first kappa shape index (κ1) is 20.4. The summed E-state index contributed by atoms with van der Waals surface area (Å²) in [4.78, 5) is 5.78. The lowest BCUT2D eigenvalue weighted by atomic mass is 10.2. The highest BCUT2D eigenvalue weighted by atomic mass is 35.5. The number of alkyl halides is 3. The maximum Gasteiger partial charge on any atom is 0.416 e. The van der Waals surface area contributed by atoms with Crippen LogP contribution in [0.2, 0.25) is 5.02 Å². The minimum Gasteiger partial charge on any atom is -0.354 e. The number of hydrogen-bond acceptors (Lipinski definition) is 5. The molecule has 1 fully saturated rings. The lowest BCUT2D eigenvalue weighted by Crippen LogP contribution is -2.48. The first-order valence-corrected chi connectivity index (χ1v) is 9.94. The van der Waals surface area contributed by atoms with Crippen LogP contribution in [0.3, 0.4) is 0 Å². The third-order valence-electron chi connectivity index (χ3n) is 4.32. The fraction of sp³-hybridized carbons (Fsp3) is 0.294. The van der Waals surface area contributed by atoms with Gasteiger partial charge in [-0.1, -0.05) is 11.6 Å². The van der Waals surface area contributed by atoms with Crippen LogP contribution in [0, 0.1) is 11.3 Å². The number of hydrogen-bond donors (Lipinski definition) is 0. The molecule has 1 aromatic heterocycles. The van der Waals surface area contributed by atoms with Gasteiger partial charge in [-0.15, -0.1) is 0 Å². The Labute approximate surface area is 164 Å². The fourth-order valence-electron chi connectivity index (χ4n) is 2.81. The second-order valence-corrected chi connectivity index (χ2v) is 8.37. The van der Waals surface area contributed by atoms with Crippen molar-refractivity contribution in [3.8, 4) is 6.07 Å². The second kappa shape index (κ2) is 7.58. The lowest BCUT2D eigenvalue weighted by Gasteiger charge is -2.34. The summed E-state index contributed by atoms with van der Waals surface area (Å²) in [6.45, 7) is 0.907. The van der Waals surface area contributed by atoms with Crippen LogP contribution >= 0.6 is 11.6 Å². The average molecular weight is 431 g/mol. The van der Waals surface area contributed by atoms with Crippen LogP contribution in [0.15, 0.2) is 41.3 Å². The quantitative estimate of drug-likeness (QED) is 0.747. The van der Waals surface area contributed by atoms with Crippen LogP contribution < -0.4 is 4.90 Å². The third kappa shape index (κ3) is 4.06. The Bertz CT molecular complexity index is 1010. The molecule has 148 valence electrons. The van der Waals surface area contributed by atoms with Crippen LogP contribution in [0.5, 0.6) is 0 Å². The number of piperazine rings is 1. The summed E-state index contributed by atoms with van der Waals surface area (Å²) in [5.74, 6) is 0.507. The van der Waals surface area contributed by atoms with Crippen molar-refractivity contribution in [2.45, 2.75) is 11.1 Å². The second-order valence-electron chi connectivity index (χ2n) is 6.02. The molecule has 6 nitrogen and oxygen atoms in total. The Kier molecular flexibility index (Phi) is 5.52. The molecule has 0 bridgehead atoms. The molecule has 28 heavy (non-hydrogen) atoms. The molecule has 0 unspecified atom stereocenters. The topological polar surface area (TPSA) is 77.3 Å². The van der Waals surface area contributed by atoms with E-state index in [2.05, 4.69) is 4.98 Å². The van der Waals surface area contributed by atoms with Crippen molar-refractivity contribution in [2.24, 2.45) is 0 Å². The van der Waals surface area contributed by atoms with Crippen molar-refractivity contribution in [3.63, 3.8) is 0 Å². The molecule has 3 rings (SSSR count). The number of benzene rings is 1. The van der Waals surface area contributed by atoms with Gasteiger partial charge >= 0.3 is 6.18 Å². The minimum absolute atomic E-state index is 0.0824. The SMILES string of the molecule is N#Cc1nc(N2CCN(S(=O)(=O)c3ccc(C(F)(F)F)cc3)CC2)ccc1Cl. The standard InChI is InChI=1S/C17H14ClF3N4O2S/c18-14-5-6-16(23-15(14)11-22)24-7-9-25(10-8-24)28(26,27)13-3-1-12(2-4-13)17(19,20)21/h1-6H,7-10H2. The first-order chi connectivity index (χ1) is 13.1. The van der Waals surface area contributed by atoms with Gasteiger partial charge in [0.15, 0.2) is 5.69 Å². The molecule has 11 heteroatoms. The summed E-state index contributed by atoms with van der Waals surface area (Å²) in [7, 11) is -3.90. The van der Waals surface area contributed by atoms with Gasteiger partial charge in [0.05, 0.1) is 15.5 Å².